The van der Waals surface area contributed by atoms with Gasteiger partial charge < -0.3 is 14.0 Å². The summed E-state index contributed by atoms with van der Waals surface area (Å²) in [5, 5.41) is 3.73. The number of sulfonamides is 1. The molecule has 1 saturated heterocycles. The zero-order valence-corrected chi connectivity index (χ0v) is 17.3. The predicted molar refractivity (Wildman–Crippen MR) is 105 cm³/mol. The average Bonchev–Trinajstić information content (AvgIpc) is 3.28. The van der Waals surface area contributed by atoms with E-state index < -0.39 is 39.1 Å². The lowest BCUT2D eigenvalue weighted by Gasteiger charge is -2.26. The van der Waals surface area contributed by atoms with Crippen LogP contribution in [-0.2, 0) is 26.1 Å². The zero-order chi connectivity index (χ0) is 22.7. The summed E-state index contributed by atoms with van der Waals surface area (Å²) in [7, 11) is -4.14. The van der Waals surface area contributed by atoms with E-state index in [1.54, 1.807) is 0 Å². The summed E-state index contributed by atoms with van der Waals surface area (Å²) in [6.45, 7) is 0.184. The van der Waals surface area contributed by atoms with Gasteiger partial charge in [0.2, 0.25) is 15.8 Å². The van der Waals surface area contributed by atoms with Crippen LogP contribution in [0, 0.1) is 11.6 Å². The van der Waals surface area contributed by atoms with E-state index in [4.69, 9.17) is 14.0 Å². The van der Waals surface area contributed by atoms with Gasteiger partial charge in [-0.25, -0.2) is 22.0 Å². The molecule has 1 aliphatic rings. The molecule has 0 unspecified atom stereocenters. The van der Waals surface area contributed by atoms with Crippen molar-refractivity contribution in [2.45, 2.75) is 11.5 Å². The van der Waals surface area contributed by atoms with Gasteiger partial charge in [-0.1, -0.05) is 5.16 Å². The fourth-order valence-electron chi connectivity index (χ4n) is 2.99. The van der Waals surface area contributed by atoms with Gasteiger partial charge in [-0.2, -0.15) is 9.29 Å². The summed E-state index contributed by atoms with van der Waals surface area (Å²) < 4.78 is 69.1. The van der Waals surface area contributed by atoms with Gasteiger partial charge in [-0.05, 0) is 42.5 Å². The Hall–Kier alpha value is -3.22. The lowest BCUT2D eigenvalue weighted by atomic mass is 10.2. The second kappa shape index (κ2) is 9.10. The number of carbonyl (C=O) groups is 1. The van der Waals surface area contributed by atoms with E-state index in [-0.39, 0.29) is 43.6 Å². The number of benzene rings is 2. The average molecular weight is 465 g/mol. The first-order valence-corrected chi connectivity index (χ1v) is 10.9. The third kappa shape index (κ3) is 4.66. The molecule has 0 amide bonds. The maximum atomic E-state index is 14.3. The molecule has 168 valence electrons. The molecule has 0 radical (unpaired) electrons. The molecule has 3 aromatic rings. The molecule has 0 saturated carbocycles. The number of rotatable bonds is 6. The minimum absolute atomic E-state index is 0.0269. The van der Waals surface area contributed by atoms with Crippen LogP contribution in [-0.4, -0.2) is 55.1 Å². The lowest BCUT2D eigenvalue weighted by Crippen LogP contribution is -2.41. The van der Waals surface area contributed by atoms with Crippen molar-refractivity contribution >= 4 is 16.0 Å². The van der Waals surface area contributed by atoms with Gasteiger partial charge in [-0.15, -0.1) is 0 Å². The quantitative estimate of drug-likeness (QED) is 0.510. The maximum Gasteiger partial charge on any atom is 0.338 e. The molecule has 32 heavy (non-hydrogen) atoms. The highest BCUT2D eigenvalue weighted by molar-refractivity contribution is 7.89. The molecule has 0 aliphatic carbocycles. The summed E-state index contributed by atoms with van der Waals surface area (Å²) in [6.07, 6.45) is 0. The Morgan fingerprint density at radius 2 is 1.81 bits per heavy atom. The number of hydrogen-bond acceptors (Lipinski definition) is 8. The molecular weight excluding hydrogens is 448 g/mol. The molecule has 0 N–H and O–H groups in total. The number of nitrogens with zero attached hydrogens (tertiary/aromatic N) is 3. The normalized spacial score (nSPS) is 14.9. The van der Waals surface area contributed by atoms with E-state index in [1.165, 1.54) is 24.3 Å². The van der Waals surface area contributed by atoms with Crippen molar-refractivity contribution in [3.63, 3.8) is 0 Å². The zero-order valence-electron chi connectivity index (χ0n) is 16.5. The minimum atomic E-state index is -4.14. The van der Waals surface area contributed by atoms with E-state index in [2.05, 4.69) is 10.1 Å². The molecule has 0 spiro atoms. The van der Waals surface area contributed by atoms with Crippen LogP contribution in [0.3, 0.4) is 0 Å². The predicted octanol–water partition coefficient (Wildman–Crippen LogP) is 2.39. The van der Waals surface area contributed by atoms with Crippen LogP contribution in [0.5, 0.6) is 0 Å². The molecule has 2 aromatic carbocycles. The summed E-state index contributed by atoms with van der Waals surface area (Å²) in [4.78, 5) is 15.8. The topological polar surface area (TPSA) is 112 Å². The molecule has 1 aliphatic heterocycles. The number of hydrogen-bond donors (Lipinski definition) is 0. The van der Waals surface area contributed by atoms with E-state index in [0.717, 1.165) is 22.5 Å². The highest BCUT2D eigenvalue weighted by Crippen LogP contribution is 2.23. The largest absolute Gasteiger partial charge is 0.452 e. The van der Waals surface area contributed by atoms with Gasteiger partial charge in [0.25, 0.3) is 5.89 Å². The number of esters is 1. The number of morpholine rings is 1. The highest BCUT2D eigenvalue weighted by Gasteiger charge is 2.30. The minimum Gasteiger partial charge on any atom is -0.452 e. The van der Waals surface area contributed by atoms with Crippen molar-refractivity contribution in [2.75, 3.05) is 26.3 Å². The lowest BCUT2D eigenvalue weighted by molar-refractivity contribution is 0.0429. The second-order valence-electron chi connectivity index (χ2n) is 6.76. The molecule has 2 heterocycles. The third-order valence-corrected chi connectivity index (χ3v) is 6.57. The standard InChI is InChI=1S/C20H17F2N3O6S/c21-15-4-1-13(2-5-15)19-23-18(31-24-19)12-30-20(26)14-3-6-16(22)17(11-14)32(27,28)25-7-9-29-10-8-25/h1-6,11H,7-10,12H2. The number of halogens is 2. The van der Waals surface area contributed by atoms with Gasteiger partial charge in [0, 0.05) is 18.7 Å². The summed E-state index contributed by atoms with van der Waals surface area (Å²) in [5.74, 6) is -2.14. The third-order valence-electron chi connectivity index (χ3n) is 4.65. The van der Waals surface area contributed by atoms with Crippen molar-refractivity contribution < 1.29 is 36.0 Å². The summed E-state index contributed by atoms with van der Waals surface area (Å²) >= 11 is 0. The van der Waals surface area contributed by atoms with Crippen molar-refractivity contribution in [1.82, 2.24) is 14.4 Å². The van der Waals surface area contributed by atoms with Crippen molar-refractivity contribution in [2.24, 2.45) is 0 Å². The molecular formula is C20H17F2N3O6S. The fourth-order valence-corrected chi connectivity index (χ4v) is 4.49. The monoisotopic (exact) mass is 465 g/mol. The Balaban J connectivity index is 1.46. The van der Waals surface area contributed by atoms with Gasteiger partial charge in [-0.3, -0.25) is 0 Å². The molecule has 4 rings (SSSR count). The molecule has 12 heteroatoms. The van der Waals surface area contributed by atoms with Crippen LogP contribution in [0.25, 0.3) is 11.4 Å². The van der Waals surface area contributed by atoms with Crippen LogP contribution in [0.15, 0.2) is 51.9 Å². The van der Waals surface area contributed by atoms with Gasteiger partial charge in [0.05, 0.1) is 18.8 Å². The fraction of sp³-hybridized carbons (Fsp3) is 0.250. The Kier molecular flexibility index (Phi) is 6.26. The molecule has 9 nitrogen and oxygen atoms in total. The SMILES string of the molecule is O=C(OCc1nc(-c2ccc(F)cc2)no1)c1ccc(F)c(S(=O)(=O)N2CCOCC2)c1. The highest BCUT2D eigenvalue weighted by atomic mass is 32.2. The smallest absolute Gasteiger partial charge is 0.338 e. The first kappa shape index (κ1) is 22.0. The molecule has 0 bridgehead atoms. The van der Waals surface area contributed by atoms with Gasteiger partial charge >= 0.3 is 5.97 Å². The Morgan fingerprint density at radius 1 is 1.09 bits per heavy atom. The number of ether oxygens (including phenoxy) is 2. The van der Waals surface area contributed by atoms with Gasteiger partial charge in [0.1, 0.15) is 16.5 Å². The van der Waals surface area contributed by atoms with Crippen LogP contribution in [0.4, 0.5) is 8.78 Å². The second-order valence-corrected chi connectivity index (χ2v) is 8.66. The van der Waals surface area contributed by atoms with Crippen LogP contribution in [0.1, 0.15) is 16.2 Å². The van der Waals surface area contributed by atoms with Crippen molar-refractivity contribution in [3.8, 4) is 11.4 Å². The maximum absolute atomic E-state index is 14.3. The molecule has 1 fully saturated rings. The summed E-state index contributed by atoms with van der Waals surface area (Å²) in [5.41, 5.74) is 0.348. The molecule has 1 aromatic heterocycles. The van der Waals surface area contributed by atoms with Gasteiger partial charge in [0.15, 0.2) is 6.61 Å². The first-order chi connectivity index (χ1) is 15.3. The van der Waals surface area contributed by atoms with Crippen molar-refractivity contribution in [3.05, 3.63) is 65.6 Å². The van der Waals surface area contributed by atoms with Crippen LogP contribution >= 0.6 is 0 Å². The van der Waals surface area contributed by atoms with E-state index >= 15 is 0 Å². The van der Waals surface area contributed by atoms with Crippen molar-refractivity contribution in [1.29, 1.82) is 0 Å². The van der Waals surface area contributed by atoms with E-state index in [0.29, 0.717) is 5.56 Å². The van der Waals surface area contributed by atoms with Crippen LogP contribution < -0.4 is 0 Å². The van der Waals surface area contributed by atoms with E-state index in [1.807, 2.05) is 0 Å². The number of aromatic nitrogens is 2. The Morgan fingerprint density at radius 3 is 2.53 bits per heavy atom. The Bertz CT molecular complexity index is 1220. The number of carbonyl (C=O) groups excluding carboxylic acids is 1. The Labute approximate surface area is 181 Å². The first-order valence-electron chi connectivity index (χ1n) is 9.48. The molecule has 0 atom stereocenters. The van der Waals surface area contributed by atoms with Crippen LogP contribution in [0.2, 0.25) is 0 Å². The van der Waals surface area contributed by atoms with E-state index in [9.17, 15) is 22.0 Å². The summed E-state index contributed by atoms with van der Waals surface area (Å²) in [6, 6.07) is 8.35.